The fraction of sp³-hybridized carbons (Fsp3) is 0.467. The lowest BCUT2D eigenvalue weighted by Crippen LogP contribution is -2.41. The third-order valence-corrected chi connectivity index (χ3v) is 2.87. The van der Waals surface area contributed by atoms with Gasteiger partial charge in [-0.2, -0.15) is 0 Å². The Morgan fingerprint density at radius 1 is 1.20 bits per heavy atom. The zero-order valence-corrected chi connectivity index (χ0v) is 12.4. The molecule has 5 nitrogen and oxygen atoms in total. The molecule has 110 valence electrons. The standard InChI is InChI=1S/C15H21NO4/c1-5-20-14(18)10-13(17)16-15(2,3)11-6-8-12(19-4)9-7-11/h6-9H,5,10H2,1-4H3,(H,16,17). The number of hydrogen-bond donors (Lipinski definition) is 1. The fourth-order valence-corrected chi connectivity index (χ4v) is 1.82. The molecule has 0 radical (unpaired) electrons. The predicted octanol–water partition coefficient (Wildman–Crippen LogP) is 2.00. The molecule has 5 heteroatoms. The Kier molecular flexibility index (Phi) is 5.55. The summed E-state index contributed by atoms with van der Waals surface area (Å²) < 4.78 is 9.84. The second-order valence-electron chi connectivity index (χ2n) is 4.88. The molecule has 0 bridgehead atoms. The average Bonchev–Trinajstić information content (AvgIpc) is 2.38. The molecule has 0 aromatic heterocycles. The van der Waals surface area contributed by atoms with Crippen molar-refractivity contribution in [2.45, 2.75) is 32.7 Å². The molecule has 0 spiro atoms. The Bertz CT molecular complexity index is 465. The highest BCUT2D eigenvalue weighted by atomic mass is 16.5. The second kappa shape index (κ2) is 6.93. The van der Waals surface area contributed by atoms with Gasteiger partial charge in [0.25, 0.3) is 0 Å². The topological polar surface area (TPSA) is 64.6 Å². The number of carbonyl (C=O) groups excluding carboxylic acids is 2. The van der Waals surface area contributed by atoms with E-state index in [1.54, 1.807) is 14.0 Å². The van der Waals surface area contributed by atoms with Crippen molar-refractivity contribution in [3.05, 3.63) is 29.8 Å². The van der Waals surface area contributed by atoms with Gasteiger partial charge in [0, 0.05) is 0 Å². The van der Waals surface area contributed by atoms with Crippen LogP contribution in [0.5, 0.6) is 5.75 Å². The maximum Gasteiger partial charge on any atom is 0.315 e. The smallest absolute Gasteiger partial charge is 0.315 e. The zero-order valence-electron chi connectivity index (χ0n) is 12.4. The van der Waals surface area contributed by atoms with Crippen molar-refractivity contribution in [3.8, 4) is 5.75 Å². The molecular weight excluding hydrogens is 258 g/mol. The number of amides is 1. The molecule has 0 unspecified atom stereocenters. The Labute approximate surface area is 119 Å². The van der Waals surface area contributed by atoms with Crippen molar-refractivity contribution in [2.75, 3.05) is 13.7 Å². The van der Waals surface area contributed by atoms with Crippen LogP contribution in [0, 0.1) is 0 Å². The van der Waals surface area contributed by atoms with Crippen LogP contribution in [-0.2, 0) is 19.9 Å². The van der Waals surface area contributed by atoms with Crippen LogP contribution in [0.3, 0.4) is 0 Å². The van der Waals surface area contributed by atoms with E-state index in [1.807, 2.05) is 38.1 Å². The Morgan fingerprint density at radius 3 is 2.30 bits per heavy atom. The molecule has 0 saturated carbocycles. The lowest BCUT2D eigenvalue weighted by Gasteiger charge is -2.27. The van der Waals surface area contributed by atoms with E-state index in [0.717, 1.165) is 11.3 Å². The van der Waals surface area contributed by atoms with Crippen LogP contribution in [0.1, 0.15) is 32.8 Å². The van der Waals surface area contributed by atoms with Crippen LogP contribution in [0.15, 0.2) is 24.3 Å². The average molecular weight is 279 g/mol. The van der Waals surface area contributed by atoms with Crippen molar-refractivity contribution < 1.29 is 19.1 Å². The number of carbonyl (C=O) groups is 2. The molecular formula is C15H21NO4. The summed E-state index contributed by atoms with van der Waals surface area (Å²) in [6.07, 6.45) is -0.270. The summed E-state index contributed by atoms with van der Waals surface area (Å²) in [6, 6.07) is 7.41. The summed E-state index contributed by atoms with van der Waals surface area (Å²) in [5, 5.41) is 2.82. The van der Waals surface area contributed by atoms with E-state index in [9.17, 15) is 9.59 Å². The Morgan fingerprint density at radius 2 is 1.80 bits per heavy atom. The van der Waals surface area contributed by atoms with E-state index in [-0.39, 0.29) is 18.9 Å². The largest absolute Gasteiger partial charge is 0.497 e. The summed E-state index contributed by atoms with van der Waals surface area (Å²) in [7, 11) is 1.60. The van der Waals surface area contributed by atoms with E-state index in [2.05, 4.69) is 5.32 Å². The van der Waals surface area contributed by atoms with Crippen LogP contribution >= 0.6 is 0 Å². The first-order valence-corrected chi connectivity index (χ1v) is 6.50. The number of benzene rings is 1. The molecule has 0 fully saturated rings. The lowest BCUT2D eigenvalue weighted by molar-refractivity contribution is -0.146. The maximum atomic E-state index is 11.8. The first-order chi connectivity index (χ1) is 9.39. The molecule has 0 atom stereocenters. The van der Waals surface area contributed by atoms with Gasteiger partial charge in [-0.25, -0.2) is 0 Å². The van der Waals surface area contributed by atoms with Gasteiger partial charge in [-0.05, 0) is 38.5 Å². The van der Waals surface area contributed by atoms with Gasteiger partial charge in [0.05, 0.1) is 19.3 Å². The van der Waals surface area contributed by atoms with Crippen molar-refractivity contribution in [3.63, 3.8) is 0 Å². The van der Waals surface area contributed by atoms with Crippen LogP contribution in [0.2, 0.25) is 0 Å². The van der Waals surface area contributed by atoms with Crippen molar-refractivity contribution in [1.29, 1.82) is 0 Å². The molecule has 1 N–H and O–H groups in total. The van der Waals surface area contributed by atoms with Crippen LogP contribution in [0.25, 0.3) is 0 Å². The van der Waals surface area contributed by atoms with Crippen LogP contribution < -0.4 is 10.1 Å². The Hall–Kier alpha value is -2.04. The van der Waals surface area contributed by atoms with Gasteiger partial charge in [0.2, 0.25) is 5.91 Å². The monoisotopic (exact) mass is 279 g/mol. The normalized spacial score (nSPS) is 10.8. The second-order valence-corrected chi connectivity index (χ2v) is 4.88. The number of methoxy groups -OCH3 is 1. The Balaban J connectivity index is 2.67. The molecule has 1 amide bonds. The summed E-state index contributed by atoms with van der Waals surface area (Å²) in [4.78, 5) is 23.1. The minimum absolute atomic E-state index is 0.270. The molecule has 1 aromatic carbocycles. The van der Waals surface area contributed by atoms with E-state index < -0.39 is 11.5 Å². The van der Waals surface area contributed by atoms with Gasteiger partial charge in [0.15, 0.2) is 0 Å². The fourth-order valence-electron chi connectivity index (χ4n) is 1.82. The van der Waals surface area contributed by atoms with Crippen molar-refractivity contribution in [1.82, 2.24) is 5.32 Å². The third-order valence-electron chi connectivity index (χ3n) is 2.87. The van der Waals surface area contributed by atoms with Gasteiger partial charge in [-0.3, -0.25) is 9.59 Å². The highest BCUT2D eigenvalue weighted by Gasteiger charge is 2.24. The molecule has 1 aromatic rings. The highest BCUT2D eigenvalue weighted by Crippen LogP contribution is 2.22. The first-order valence-electron chi connectivity index (χ1n) is 6.50. The minimum Gasteiger partial charge on any atom is -0.497 e. The highest BCUT2D eigenvalue weighted by molar-refractivity contribution is 5.94. The van der Waals surface area contributed by atoms with Gasteiger partial charge in [0.1, 0.15) is 12.2 Å². The summed E-state index contributed by atoms with van der Waals surface area (Å²) in [5.41, 5.74) is 0.353. The molecule has 0 aliphatic carbocycles. The van der Waals surface area contributed by atoms with Gasteiger partial charge >= 0.3 is 5.97 Å². The van der Waals surface area contributed by atoms with Gasteiger partial charge in [-0.1, -0.05) is 12.1 Å². The van der Waals surface area contributed by atoms with E-state index >= 15 is 0 Å². The number of esters is 1. The molecule has 1 rings (SSSR count). The molecule has 20 heavy (non-hydrogen) atoms. The predicted molar refractivity (Wildman–Crippen MR) is 75.4 cm³/mol. The van der Waals surface area contributed by atoms with E-state index in [0.29, 0.717) is 0 Å². The van der Waals surface area contributed by atoms with Gasteiger partial charge < -0.3 is 14.8 Å². The van der Waals surface area contributed by atoms with E-state index in [1.165, 1.54) is 0 Å². The van der Waals surface area contributed by atoms with Crippen molar-refractivity contribution >= 4 is 11.9 Å². The minimum atomic E-state index is -0.574. The van der Waals surface area contributed by atoms with Crippen LogP contribution in [-0.4, -0.2) is 25.6 Å². The molecule has 0 aliphatic rings. The van der Waals surface area contributed by atoms with Crippen molar-refractivity contribution in [2.24, 2.45) is 0 Å². The third kappa shape index (κ3) is 4.57. The molecule has 0 saturated heterocycles. The lowest BCUT2D eigenvalue weighted by atomic mass is 9.94. The molecule has 0 heterocycles. The summed E-state index contributed by atoms with van der Waals surface area (Å²) >= 11 is 0. The SMILES string of the molecule is CCOC(=O)CC(=O)NC(C)(C)c1ccc(OC)cc1. The summed E-state index contributed by atoms with van der Waals surface area (Å²) in [5.74, 6) is -0.123. The quantitative estimate of drug-likeness (QED) is 0.639. The van der Waals surface area contributed by atoms with Gasteiger partial charge in [-0.15, -0.1) is 0 Å². The van der Waals surface area contributed by atoms with Crippen LogP contribution in [0.4, 0.5) is 0 Å². The molecule has 0 aliphatic heterocycles. The van der Waals surface area contributed by atoms with E-state index in [4.69, 9.17) is 9.47 Å². The number of ether oxygens (including phenoxy) is 2. The number of rotatable bonds is 6. The maximum absolute atomic E-state index is 11.8. The summed E-state index contributed by atoms with van der Waals surface area (Å²) in [6.45, 7) is 5.72. The number of hydrogen-bond acceptors (Lipinski definition) is 4. The number of nitrogens with one attached hydrogen (secondary N) is 1. The zero-order chi connectivity index (χ0) is 15.2. The first kappa shape index (κ1) is 16.0.